The van der Waals surface area contributed by atoms with Crippen molar-refractivity contribution in [3.05, 3.63) is 71.2 Å². The summed E-state index contributed by atoms with van der Waals surface area (Å²) in [5.41, 5.74) is 0.0760. The summed E-state index contributed by atoms with van der Waals surface area (Å²) < 4.78 is 41.7. The highest BCUT2D eigenvalue weighted by molar-refractivity contribution is 6.00. The summed E-state index contributed by atoms with van der Waals surface area (Å²) in [6.45, 7) is 9.45. The standard InChI is InChI=1S/C46H61FN4O13/c1-7-12-15-16-33(37(10-4)51(29-52)64-45(57)32-20-18-31(59-6)26-35(32)47)42(54)48-28-49-44(56)39-22-21-38(63-39)30-17-19-34(40(25-30)60-11-5)43(55)50-36(46(58)62-24-14-9-3)27-41(53)61-23-13-8-2/h17-22,25-26,29,33,36-37H,7-16,23-24,27-28H2,1-6H3,(H,48,54)(H,49,56)(H,50,55)/t33-,36+,37-/m1/s1. The smallest absolute Gasteiger partial charge is 0.366 e. The van der Waals surface area contributed by atoms with E-state index < -0.39 is 71.4 Å². The molecule has 0 aliphatic heterocycles. The van der Waals surface area contributed by atoms with Gasteiger partial charge in [0.1, 0.15) is 29.1 Å². The molecule has 0 fully saturated rings. The summed E-state index contributed by atoms with van der Waals surface area (Å²) in [5.74, 6) is -5.78. The van der Waals surface area contributed by atoms with Gasteiger partial charge in [0, 0.05) is 11.6 Å². The van der Waals surface area contributed by atoms with Crippen LogP contribution in [0.15, 0.2) is 52.9 Å². The monoisotopic (exact) mass is 896 g/mol. The number of halogens is 1. The first-order valence-corrected chi connectivity index (χ1v) is 21.7. The number of carbonyl (C=O) groups excluding carboxylic acids is 7. The van der Waals surface area contributed by atoms with Gasteiger partial charge in [0.2, 0.25) is 12.3 Å². The third-order valence-corrected chi connectivity index (χ3v) is 9.97. The quantitative estimate of drug-likeness (QED) is 0.0218. The van der Waals surface area contributed by atoms with E-state index in [0.717, 1.165) is 42.9 Å². The predicted octanol–water partition coefficient (Wildman–Crippen LogP) is 6.68. The molecule has 3 N–H and O–H groups in total. The van der Waals surface area contributed by atoms with Gasteiger partial charge in [-0.15, -0.1) is 0 Å². The van der Waals surface area contributed by atoms with Crippen LogP contribution >= 0.6 is 0 Å². The second-order valence-electron chi connectivity index (χ2n) is 14.6. The van der Waals surface area contributed by atoms with Gasteiger partial charge in [-0.2, -0.15) is 5.06 Å². The van der Waals surface area contributed by atoms with E-state index in [0.29, 0.717) is 31.2 Å². The van der Waals surface area contributed by atoms with Crippen LogP contribution in [0.3, 0.4) is 0 Å². The number of nitrogens with zero attached hydrogens (tertiary/aromatic N) is 1. The Hall–Kier alpha value is -6.46. The van der Waals surface area contributed by atoms with Gasteiger partial charge in [-0.25, -0.2) is 14.0 Å². The number of hydroxylamine groups is 2. The number of esters is 2. The van der Waals surface area contributed by atoms with Crippen LogP contribution in [0, 0.1) is 11.7 Å². The Labute approximate surface area is 373 Å². The first-order valence-electron chi connectivity index (χ1n) is 21.7. The van der Waals surface area contributed by atoms with Crippen LogP contribution in [0.25, 0.3) is 11.3 Å². The average Bonchev–Trinajstić information content (AvgIpc) is 3.79. The molecule has 18 heteroatoms. The number of methoxy groups -OCH3 is 1. The fraction of sp³-hybridized carbons (Fsp3) is 0.500. The van der Waals surface area contributed by atoms with Crippen molar-refractivity contribution in [2.45, 2.75) is 111 Å². The van der Waals surface area contributed by atoms with Gasteiger partial charge in [-0.3, -0.25) is 24.0 Å². The van der Waals surface area contributed by atoms with Crippen LogP contribution in [-0.2, 0) is 33.5 Å². The Morgan fingerprint density at radius 3 is 2.16 bits per heavy atom. The lowest BCUT2D eigenvalue weighted by Gasteiger charge is -2.31. The molecule has 1 heterocycles. The summed E-state index contributed by atoms with van der Waals surface area (Å²) in [7, 11) is 1.34. The summed E-state index contributed by atoms with van der Waals surface area (Å²) in [5, 5.41) is 8.55. The zero-order valence-electron chi connectivity index (χ0n) is 37.5. The highest BCUT2D eigenvalue weighted by Gasteiger charge is 2.34. The van der Waals surface area contributed by atoms with Crippen molar-refractivity contribution < 1.29 is 66.2 Å². The van der Waals surface area contributed by atoms with Gasteiger partial charge in [0.15, 0.2) is 5.76 Å². The molecule has 3 atom stereocenters. The Kier molecular flexibility index (Phi) is 22.4. The Balaban J connectivity index is 1.71. The fourth-order valence-corrected chi connectivity index (χ4v) is 6.44. The fourth-order valence-electron chi connectivity index (χ4n) is 6.44. The molecule has 0 radical (unpaired) electrons. The van der Waals surface area contributed by atoms with Crippen LogP contribution in [0.2, 0.25) is 0 Å². The molecule has 3 rings (SSSR count). The van der Waals surface area contributed by atoms with E-state index in [9.17, 15) is 38.0 Å². The molecule has 2 aromatic carbocycles. The molecule has 0 bridgehead atoms. The van der Waals surface area contributed by atoms with Gasteiger partial charge < -0.3 is 44.2 Å². The number of unbranched alkanes of at least 4 members (excludes halogenated alkanes) is 4. The summed E-state index contributed by atoms with van der Waals surface area (Å²) in [6, 6.07) is 8.81. The highest BCUT2D eigenvalue weighted by atomic mass is 19.1. The maximum absolute atomic E-state index is 14.6. The Morgan fingerprint density at radius 2 is 1.52 bits per heavy atom. The van der Waals surface area contributed by atoms with Gasteiger partial charge in [0.05, 0.1) is 63.1 Å². The summed E-state index contributed by atoms with van der Waals surface area (Å²) in [6.07, 6.45) is 5.44. The first kappa shape index (κ1) is 51.9. The maximum Gasteiger partial charge on any atom is 0.366 e. The molecule has 3 aromatic rings. The largest absolute Gasteiger partial charge is 0.497 e. The van der Waals surface area contributed by atoms with Gasteiger partial charge in [-0.1, -0.05) is 65.9 Å². The molecule has 0 saturated carbocycles. The van der Waals surface area contributed by atoms with Crippen molar-refractivity contribution in [3.63, 3.8) is 0 Å². The molecular formula is C46H61FN4O13. The van der Waals surface area contributed by atoms with Gasteiger partial charge >= 0.3 is 17.9 Å². The number of rotatable bonds is 29. The molecule has 0 aliphatic carbocycles. The molecule has 4 amide bonds. The highest BCUT2D eigenvalue weighted by Crippen LogP contribution is 2.30. The number of nitrogens with one attached hydrogen (secondary N) is 3. The Morgan fingerprint density at radius 1 is 0.812 bits per heavy atom. The van der Waals surface area contributed by atoms with E-state index in [1.165, 1.54) is 37.4 Å². The number of benzene rings is 2. The van der Waals surface area contributed by atoms with Gasteiger partial charge in [0.25, 0.3) is 11.8 Å². The lowest BCUT2D eigenvalue weighted by molar-refractivity contribution is -0.171. The third-order valence-electron chi connectivity index (χ3n) is 9.97. The van der Waals surface area contributed by atoms with Crippen molar-refractivity contribution in [3.8, 4) is 22.8 Å². The predicted molar refractivity (Wildman–Crippen MR) is 231 cm³/mol. The molecule has 0 aliphatic rings. The summed E-state index contributed by atoms with van der Waals surface area (Å²) in [4.78, 5) is 96.2. The molecule has 350 valence electrons. The number of furan rings is 1. The lowest BCUT2D eigenvalue weighted by atomic mass is 9.90. The zero-order chi connectivity index (χ0) is 47.0. The molecule has 0 unspecified atom stereocenters. The normalized spacial score (nSPS) is 12.2. The van der Waals surface area contributed by atoms with E-state index in [2.05, 4.69) is 16.0 Å². The number of carbonyl (C=O) groups is 7. The molecular weight excluding hydrogens is 836 g/mol. The SMILES string of the molecule is CCCCC[C@@H](C(=O)NCNC(=O)c1ccc(-c2ccc(C(=O)N[C@@H](CC(=O)OCCCC)C(=O)OCCCC)c(OCC)c2)o1)[C@@H](CC)N(C=O)OC(=O)c1ccc(OC)cc1F. The number of hydrogen-bond donors (Lipinski definition) is 3. The maximum atomic E-state index is 14.6. The van der Waals surface area contributed by atoms with Crippen LogP contribution < -0.4 is 25.4 Å². The van der Waals surface area contributed by atoms with Crippen LogP contribution in [0.4, 0.5) is 4.39 Å². The van der Waals surface area contributed by atoms with E-state index >= 15 is 0 Å². The number of hydrogen-bond acceptors (Lipinski definition) is 13. The van der Waals surface area contributed by atoms with E-state index in [-0.39, 0.29) is 67.9 Å². The van der Waals surface area contributed by atoms with Crippen molar-refractivity contribution >= 4 is 42.0 Å². The molecule has 0 saturated heterocycles. The van der Waals surface area contributed by atoms with Crippen molar-refractivity contribution in [1.29, 1.82) is 0 Å². The molecule has 1 aromatic heterocycles. The minimum atomic E-state index is -1.31. The minimum Gasteiger partial charge on any atom is -0.497 e. The van der Waals surface area contributed by atoms with Crippen molar-refractivity contribution in [1.82, 2.24) is 21.0 Å². The van der Waals surface area contributed by atoms with E-state index in [1.54, 1.807) is 19.9 Å². The topological polar surface area (TPSA) is 218 Å². The van der Waals surface area contributed by atoms with Crippen LogP contribution in [-0.4, -0.2) is 92.8 Å². The Bertz CT molecular complexity index is 2020. The number of ether oxygens (including phenoxy) is 4. The average molecular weight is 897 g/mol. The van der Waals surface area contributed by atoms with Gasteiger partial charge in [-0.05, 0) is 69.0 Å². The zero-order valence-corrected chi connectivity index (χ0v) is 37.5. The van der Waals surface area contributed by atoms with E-state index in [4.69, 9.17) is 28.2 Å². The van der Waals surface area contributed by atoms with Crippen molar-refractivity contribution in [2.24, 2.45) is 5.92 Å². The first-order chi connectivity index (χ1) is 30.8. The second-order valence-corrected chi connectivity index (χ2v) is 14.6. The lowest BCUT2D eigenvalue weighted by Crippen LogP contribution is -2.49. The second kappa shape index (κ2) is 27.6. The van der Waals surface area contributed by atoms with Crippen LogP contribution in [0.1, 0.15) is 130 Å². The summed E-state index contributed by atoms with van der Waals surface area (Å²) >= 11 is 0. The van der Waals surface area contributed by atoms with Crippen molar-refractivity contribution in [2.75, 3.05) is 33.6 Å². The molecule has 0 spiro atoms. The third kappa shape index (κ3) is 15.7. The number of amides is 4. The van der Waals surface area contributed by atoms with E-state index in [1.807, 2.05) is 20.8 Å². The molecule has 64 heavy (non-hydrogen) atoms. The molecule has 17 nitrogen and oxygen atoms in total. The van der Waals surface area contributed by atoms with Crippen LogP contribution in [0.5, 0.6) is 11.5 Å². The minimum absolute atomic E-state index is 0.0652.